The predicted octanol–water partition coefficient (Wildman–Crippen LogP) is 2.90. The highest BCUT2D eigenvalue weighted by Gasteiger charge is 2.28. The molecule has 28 heavy (non-hydrogen) atoms. The molecule has 2 heterocycles. The first-order valence-electron chi connectivity index (χ1n) is 8.54. The molecule has 2 aromatic rings. The summed E-state index contributed by atoms with van der Waals surface area (Å²) in [4.78, 5) is 32.3. The van der Waals surface area contributed by atoms with E-state index >= 15 is 0 Å². The molecule has 1 aromatic carbocycles. The molecule has 0 bridgehead atoms. The second-order valence-corrected chi connectivity index (χ2v) is 6.49. The van der Waals surface area contributed by atoms with Crippen LogP contribution in [0.25, 0.3) is 0 Å². The SMILES string of the molecule is CCOc1nc(N[C@H]2CCN(C(=O)c3ccc([N+](=O)[O-])c(F)c3)C2)ncc1Cl. The van der Waals surface area contributed by atoms with Gasteiger partial charge in [0.05, 0.1) is 17.7 Å². The zero-order valence-electron chi connectivity index (χ0n) is 14.9. The first-order valence-corrected chi connectivity index (χ1v) is 8.92. The average Bonchev–Trinajstić information content (AvgIpc) is 3.12. The molecule has 1 atom stereocenters. The number of carbonyl (C=O) groups is 1. The molecule has 0 radical (unpaired) electrons. The number of hydrogen-bond acceptors (Lipinski definition) is 7. The van der Waals surface area contributed by atoms with E-state index in [1.165, 1.54) is 17.2 Å². The van der Waals surface area contributed by atoms with Crippen LogP contribution >= 0.6 is 11.6 Å². The molecule has 1 aliphatic rings. The standard InChI is InChI=1S/C17H17ClFN5O4/c1-2-28-15-12(18)8-20-17(22-15)21-11-5-6-23(9-11)16(25)10-3-4-14(24(26)27)13(19)7-10/h3-4,7-8,11H,2,5-6,9H2,1H3,(H,20,21,22)/t11-/m0/s1. The smallest absolute Gasteiger partial charge is 0.304 e. The molecule has 9 nitrogen and oxygen atoms in total. The van der Waals surface area contributed by atoms with E-state index in [0.717, 1.165) is 12.1 Å². The van der Waals surface area contributed by atoms with Gasteiger partial charge in [-0.15, -0.1) is 0 Å². The van der Waals surface area contributed by atoms with E-state index in [1.807, 2.05) is 6.92 Å². The van der Waals surface area contributed by atoms with Crippen molar-refractivity contribution in [1.82, 2.24) is 14.9 Å². The highest BCUT2D eigenvalue weighted by Crippen LogP contribution is 2.24. The zero-order chi connectivity index (χ0) is 20.3. The summed E-state index contributed by atoms with van der Waals surface area (Å²) in [5.74, 6) is -0.838. The van der Waals surface area contributed by atoms with Crippen LogP contribution in [-0.4, -0.2) is 51.4 Å². The largest absolute Gasteiger partial charge is 0.477 e. The average molecular weight is 410 g/mol. The number of nitrogens with zero attached hydrogens (tertiary/aromatic N) is 4. The second-order valence-electron chi connectivity index (χ2n) is 6.08. The number of ether oxygens (including phenoxy) is 1. The number of nitrogens with one attached hydrogen (secondary N) is 1. The minimum absolute atomic E-state index is 0.0603. The summed E-state index contributed by atoms with van der Waals surface area (Å²) in [6, 6.07) is 3.02. The predicted molar refractivity (Wildman–Crippen MR) is 99.2 cm³/mol. The number of rotatable bonds is 6. The Morgan fingerprint density at radius 3 is 3.00 bits per heavy atom. The van der Waals surface area contributed by atoms with E-state index < -0.39 is 22.3 Å². The van der Waals surface area contributed by atoms with Crippen molar-refractivity contribution in [2.45, 2.75) is 19.4 Å². The summed E-state index contributed by atoms with van der Waals surface area (Å²) < 4.78 is 19.1. The lowest BCUT2D eigenvalue weighted by atomic mass is 10.1. The number of halogens is 2. The lowest BCUT2D eigenvalue weighted by Gasteiger charge is -2.17. The van der Waals surface area contributed by atoms with Crippen molar-refractivity contribution < 1.29 is 18.8 Å². The number of likely N-dealkylation sites (tertiary alicyclic amines) is 1. The van der Waals surface area contributed by atoms with Crippen LogP contribution in [0.4, 0.5) is 16.0 Å². The van der Waals surface area contributed by atoms with E-state index in [0.29, 0.717) is 37.1 Å². The van der Waals surface area contributed by atoms with E-state index in [4.69, 9.17) is 16.3 Å². The van der Waals surface area contributed by atoms with Crippen molar-refractivity contribution >= 4 is 29.1 Å². The van der Waals surface area contributed by atoms with Gasteiger partial charge in [-0.25, -0.2) is 4.98 Å². The van der Waals surface area contributed by atoms with Crippen molar-refractivity contribution in [3.8, 4) is 5.88 Å². The Labute approximate surface area is 164 Å². The number of carbonyl (C=O) groups excluding carboxylic acids is 1. The Morgan fingerprint density at radius 2 is 2.32 bits per heavy atom. The molecule has 0 aliphatic carbocycles. The second kappa shape index (κ2) is 8.34. The van der Waals surface area contributed by atoms with Gasteiger partial charge in [0.15, 0.2) is 0 Å². The van der Waals surface area contributed by atoms with Crippen LogP contribution in [0.5, 0.6) is 5.88 Å². The van der Waals surface area contributed by atoms with Crippen molar-refractivity contribution in [2.24, 2.45) is 0 Å². The van der Waals surface area contributed by atoms with Gasteiger partial charge >= 0.3 is 5.69 Å². The maximum atomic E-state index is 13.8. The highest BCUT2D eigenvalue weighted by atomic mass is 35.5. The Kier molecular flexibility index (Phi) is 5.88. The van der Waals surface area contributed by atoms with Gasteiger partial charge < -0.3 is 15.0 Å². The molecule has 1 fully saturated rings. The molecule has 0 saturated carbocycles. The fourth-order valence-electron chi connectivity index (χ4n) is 2.87. The van der Waals surface area contributed by atoms with Gasteiger partial charge in [-0.05, 0) is 25.5 Å². The fraction of sp³-hybridized carbons (Fsp3) is 0.353. The van der Waals surface area contributed by atoms with Gasteiger partial charge in [0, 0.05) is 30.8 Å². The summed E-state index contributed by atoms with van der Waals surface area (Å²) in [6.45, 7) is 3.02. The zero-order valence-corrected chi connectivity index (χ0v) is 15.6. The fourth-order valence-corrected chi connectivity index (χ4v) is 3.02. The van der Waals surface area contributed by atoms with Crippen LogP contribution in [0, 0.1) is 15.9 Å². The first kappa shape index (κ1) is 19.7. The van der Waals surface area contributed by atoms with Gasteiger partial charge in [-0.1, -0.05) is 11.6 Å². The van der Waals surface area contributed by atoms with Gasteiger partial charge in [0.25, 0.3) is 5.91 Å². The van der Waals surface area contributed by atoms with Crippen molar-refractivity contribution in [2.75, 3.05) is 25.0 Å². The molecule has 0 spiro atoms. The van der Waals surface area contributed by atoms with Crippen LogP contribution < -0.4 is 10.1 Å². The van der Waals surface area contributed by atoms with E-state index in [2.05, 4.69) is 15.3 Å². The lowest BCUT2D eigenvalue weighted by Crippen LogP contribution is -2.32. The van der Waals surface area contributed by atoms with Crippen LogP contribution in [0.2, 0.25) is 5.02 Å². The third kappa shape index (κ3) is 4.28. The normalized spacial score (nSPS) is 16.1. The summed E-state index contributed by atoms with van der Waals surface area (Å²) in [7, 11) is 0. The lowest BCUT2D eigenvalue weighted by molar-refractivity contribution is -0.387. The molecule has 148 valence electrons. The third-order valence-corrected chi connectivity index (χ3v) is 4.45. The number of benzene rings is 1. The summed E-state index contributed by atoms with van der Waals surface area (Å²) in [5, 5.41) is 14.1. The Hall–Kier alpha value is -3.01. The summed E-state index contributed by atoms with van der Waals surface area (Å²) in [5.41, 5.74) is -0.604. The number of amides is 1. The van der Waals surface area contributed by atoms with Gasteiger partial charge in [-0.3, -0.25) is 14.9 Å². The van der Waals surface area contributed by atoms with Gasteiger partial charge in [0.1, 0.15) is 5.02 Å². The molecule has 1 saturated heterocycles. The van der Waals surface area contributed by atoms with Crippen molar-refractivity contribution in [3.05, 3.63) is 50.9 Å². The van der Waals surface area contributed by atoms with Gasteiger partial charge in [0.2, 0.25) is 17.6 Å². The molecule has 1 aliphatic heterocycles. The maximum absolute atomic E-state index is 13.8. The third-order valence-electron chi connectivity index (χ3n) is 4.19. The minimum Gasteiger partial charge on any atom is -0.477 e. The van der Waals surface area contributed by atoms with Crippen LogP contribution in [-0.2, 0) is 0 Å². The molecular weight excluding hydrogens is 393 g/mol. The molecule has 3 rings (SSSR count). The quantitative estimate of drug-likeness (QED) is 0.576. The molecule has 11 heteroatoms. The molecule has 1 N–H and O–H groups in total. The summed E-state index contributed by atoms with van der Waals surface area (Å²) >= 11 is 5.96. The maximum Gasteiger partial charge on any atom is 0.304 e. The van der Waals surface area contributed by atoms with Crippen LogP contribution in [0.1, 0.15) is 23.7 Å². The molecule has 1 aromatic heterocycles. The number of nitro benzene ring substituents is 1. The van der Waals surface area contributed by atoms with Crippen molar-refractivity contribution in [1.29, 1.82) is 0 Å². The molecular formula is C17H17ClFN5O4. The van der Waals surface area contributed by atoms with Gasteiger partial charge in [-0.2, -0.15) is 9.37 Å². The van der Waals surface area contributed by atoms with Crippen LogP contribution in [0.15, 0.2) is 24.4 Å². The number of nitro groups is 1. The van der Waals surface area contributed by atoms with E-state index in [1.54, 1.807) is 0 Å². The summed E-state index contributed by atoms with van der Waals surface area (Å²) in [6.07, 6.45) is 2.07. The van der Waals surface area contributed by atoms with E-state index in [9.17, 15) is 19.3 Å². The Balaban J connectivity index is 1.65. The van der Waals surface area contributed by atoms with Crippen molar-refractivity contribution in [3.63, 3.8) is 0 Å². The Bertz CT molecular complexity index is 913. The van der Waals surface area contributed by atoms with E-state index in [-0.39, 0.29) is 17.5 Å². The monoisotopic (exact) mass is 409 g/mol. The topological polar surface area (TPSA) is 110 Å². The molecule has 0 unspecified atom stereocenters. The minimum atomic E-state index is -1.04. The number of anilines is 1. The Morgan fingerprint density at radius 1 is 1.54 bits per heavy atom. The first-order chi connectivity index (χ1) is 13.4. The number of aromatic nitrogens is 2. The number of hydrogen-bond donors (Lipinski definition) is 1. The highest BCUT2D eigenvalue weighted by molar-refractivity contribution is 6.31. The molecule has 1 amide bonds. The van der Waals surface area contributed by atoms with Crippen LogP contribution in [0.3, 0.4) is 0 Å².